The number of rotatable bonds is 6. The number of anilines is 2. The Bertz CT molecular complexity index is 1670. The summed E-state index contributed by atoms with van der Waals surface area (Å²) in [5.41, 5.74) is 6.33. The number of aryl methyl sites for hydroxylation is 2. The minimum absolute atomic E-state index is 0.0464. The average molecular weight is 515 g/mol. The molecule has 5 aromatic rings. The van der Waals surface area contributed by atoms with Gasteiger partial charge in [-0.3, -0.25) is 9.69 Å². The van der Waals surface area contributed by atoms with Gasteiger partial charge in [-0.15, -0.1) is 0 Å². The minimum Gasteiger partial charge on any atom is -0.496 e. The van der Waals surface area contributed by atoms with Gasteiger partial charge in [0.1, 0.15) is 24.3 Å². The molecule has 194 valence electrons. The molecule has 1 unspecified atom stereocenters. The lowest BCUT2D eigenvalue weighted by Gasteiger charge is -2.39. The van der Waals surface area contributed by atoms with Crippen LogP contribution in [0.4, 0.5) is 11.4 Å². The van der Waals surface area contributed by atoms with Crippen molar-refractivity contribution in [3.63, 3.8) is 0 Å². The van der Waals surface area contributed by atoms with Crippen LogP contribution in [0.2, 0.25) is 0 Å². The zero-order valence-corrected chi connectivity index (χ0v) is 22.3. The molecule has 5 heteroatoms. The summed E-state index contributed by atoms with van der Waals surface area (Å²) >= 11 is 0. The molecule has 1 amide bonds. The van der Waals surface area contributed by atoms with Gasteiger partial charge < -0.3 is 14.8 Å². The predicted octanol–water partition coefficient (Wildman–Crippen LogP) is 7.82. The van der Waals surface area contributed by atoms with Crippen LogP contribution < -0.4 is 19.7 Å². The molecule has 5 nitrogen and oxygen atoms in total. The van der Waals surface area contributed by atoms with Gasteiger partial charge in [0.2, 0.25) is 0 Å². The topological polar surface area (TPSA) is 50.8 Å². The number of ether oxygens (including phenoxy) is 2. The molecule has 6 rings (SSSR count). The number of hydrogen-bond acceptors (Lipinski definition) is 4. The van der Waals surface area contributed by atoms with Gasteiger partial charge in [-0.2, -0.15) is 0 Å². The zero-order chi connectivity index (χ0) is 26.9. The molecule has 0 saturated carbocycles. The fraction of sp³-hybridized carbons (Fsp3) is 0.147. The van der Waals surface area contributed by atoms with Gasteiger partial charge in [0, 0.05) is 16.6 Å². The SMILES string of the molecule is COc1ccc(C2Nc3ccccc3C(=O)N2c2cccc3ccccc23)cc1COc1c(C)cccc1C. The lowest BCUT2D eigenvalue weighted by Crippen LogP contribution is -2.43. The smallest absolute Gasteiger partial charge is 0.262 e. The monoisotopic (exact) mass is 514 g/mol. The maximum atomic E-state index is 14.1. The number of hydrogen-bond donors (Lipinski definition) is 1. The van der Waals surface area contributed by atoms with E-state index in [1.165, 1.54) is 0 Å². The van der Waals surface area contributed by atoms with Crippen molar-refractivity contribution in [3.8, 4) is 11.5 Å². The molecule has 39 heavy (non-hydrogen) atoms. The summed E-state index contributed by atoms with van der Waals surface area (Å²) in [6.45, 7) is 4.44. The van der Waals surface area contributed by atoms with Crippen LogP contribution in [0, 0.1) is 13.8 Å². The second-order valence-electron chi connectivity index (χ2n) is 9.85. The summed E-state index contributed by atoms with van der Waals surface area (Å²) in [6, 6.07) is 34.1. The number of methoxy groups -OCH3 is 1. The molecule has 1 heterocycles. The third-order valence-corrected chi connectivity index (χ3v) is 7.35. The van der Waals surface area contributed by atoms with Crippen molar-refractivity contribution in [2.75, 3.05) is 17.3 Å². The van der Waals surface area contributed by atoms with Gasteiger partial charge in [-0.05, 0) is 66.3 Å². The van der Waals surface area contributed by atoms with Gasteiger partial charge in [0.15, 0.2) is 0 Å². The first-order valence-electron chi connectivity index (χ1n) is 13.1. The van der Waals surface area contributed by atoms with E-state index in [0.29, 0.717) is 12.2 Å². The Labute approximate surface area is 228 Å². The van der Waals surface area contributed by atoms with Gasteiger partial charge in [-0.1, -0.05) is 72.8 Å². The maximum absolute atomic E-state index is 14.1. The molecule has 0 bridgehead atoms. The van der Waals surface area contributed by atoms with E-state index in [0.717, 1.165) is 55.9 Å². The number of nitrogens with one attached hydrogen (secondary N) is 1. The molecule has 0 aliphatic carbocycles. The highest BCUT2D eigenvalue weighted by Crippen LogP contribution is 2.40. The molecule has 1 N–H and O–H groups in total. The number of carbonyl (C=O) groups excluding carboxylic acids is 1. The van der Waals surface area contributed by atoms with E-state index in [1.807, 2.05) is 97.6 Å². The Morgan fingerprint density at radius 1 is 0.821 bits per heavy atom. The number of para-hydroxylation sites is 2. The average Bonchev–Trinajstić information content (AvgIpc) is 2.96. The number of carbonyl (C=O) groups is 1. The highest BCUT2D eigenvalue weighted by atomic mass is 16.5. The van der Waals surface area contributed by atoms with E-state index in [9.17, 15) is 4.79 Å². The summed E-state index contributed by atoms with van der Waals surface area (Å²) in [5, 5.41) is 5.74. The summed E-state index contributed by atoms with van der Waals surface area (Å²) in [7, 11) is 1.67. The quantitative estimate of drug-likeness (QED) is 0.251. The standard InChI is InChI=1S/C34H30N2O3/c1-22-10-8-11-23(2)32(22)39-21-26-20-25(18-19-31(26)38-3)33-35-29-16-7-6-15-28(29)34(37)36(33)30-17-9-13-24-12-4-5-14-27(24)30/h4-20,33,35H,21H2,1-3H3. The van der Waals surface area contributed by atoms with E-state index < -0.39 is 6.17 Å². The van der Waals surface area contributed by atoms with Crippen molar-refractivity contribution in [1.82, 2.24) is 0 Å². The van der Waals surface area contributed by atoms with Crippen LogP contribution in [0.5, 0.6) is 11.5 Å². The molecular weight excluding hydrogens is 484 g/mol. The van der Waals surface area contributed by atoms with E-state index in [-0.39, 0.29) is 5.91 Å². The van der Waals surface area contributed by atoms with Gasteiger partial charge in [0.25, 0.3) is 5.91 Å². The third-order valence-electron chi connectivity index (χ3n) is 7.35. The van der Waals surface area contributed by atoms with Gasteiger partial charge in [0.05, 0.1) is 18.4 Å². The second kappa shape index (κ2) is 10.2. The number of amides is 1. The first-order chi connectivity index (χ1) is 19.0. The van der Waals surface area contributed by atoms with E-state index in [1.54, 1.807) is 7.11 Å². The van der Waals surface area contributed by atoms with Crippen LogP contribution >= 0.6 is 0 Å². The highest BCUT2D eigenvalue weighted by molar-refractivity contribution is 6.15. The van der Waals surface area contributed by atoms with Gasteiger partial charge in [-0.25, -0.2) is 0 Å². The summed E-state index contributed by atoms with van der Waals surface area (Å²) in [5.74, 6) is 1.57. The molecule has 0 radical (unpaired) electrons. The van der Waals surface area contributed by atoms with E-state index in [4.69, 9.17) is 9.47 Å². The van der Waals surface area contributed by atoms with E-state index in [2.05, 4.69) is 29.6 Å². The minimum atomic E-state index is -0.428. The molecule has 1 aliphatic rings. The lowest BCUT2D eigenvalue weighted by atomic mass is 9.99. The van der Waals surface area contributed by atoms with Crippen LogP contribution in [0.1, 0.15) is 38.8 Å². The summed E-state index contributed by atoms with van der Waals surface area (Å²) in [6.07, 6.45) is -0.428. The Morgan fingerprint density at radius 2 is 1.54 bits per heavy atom. The van der Waals surface area contributed by atoms with Crippen molar-refractivity contribution < 1.29 is 14.3 Å². The fourth-order valence-corrected chi connectivity index (χ4v) is 5.41. The zero-order valence-electron chi connectivity index (χ0n) is 22.3. The predicted molar refractivity (Wildman–Crippen MR) is 157 cm³/mol. The largest absolute Gasteiger partial charge is 0.496 e. The third kappa shape index (κ3) is 4.46. The van der Waals surface area contributed by atoms with Crippen LogP contribution in [-0.4, -0.2) is 13.0 Å². The fourth-order valence-electron chi connectivity index (χ4n) is 5.41. The molecule has 0 fully saturated rings. The van der Waals surface area contributed by atoms with E-state index >= 15 is 0 Å². The molecule has 5 aromatic carbocycles. The maximum Gasteiger partial charge on any atom is 0.262 e. The molecule has 0 saturated heterocycles. The number of fused-ring (bicyclic) bond motifs is 2. The Hall–Kier alpha value is -4.77. The van der Waals surface area contributed by atoms with Crippen molar-refractivity contribution in [3.05, 3.63) is 131 Å². The first-order valence-corrected chi connectivity index (χ1v) is 13.1. The van der Waals surface area contributed by atoms with Crippen molar-refractivity contribution >= 4 is 28.1 Å². The molecular formula is C34H30N2O3. The van der Waals surface area contributed by atoms with Crippen molar-refractivity contribution in [1.29, 1.82) is 0 Å². The summed E-state index contributed by atoms with van der Waals surface area (Å²) < 4.78 is 12.0. The normalized spacial score (nSPS) is 14.6. The highest BCUT2D eigenvalue weighted by Gasteiger charge is 2.35. The van der Waals surface area contributed by atoms with Gasteiger partial charge >= 0.3 is 0 Å². The van der Waals surface area contributed by atoms with Crippen molar-refractivity contribution in [2.45, 2.75) is 26.6 Å². The number of benzene rings is 5. The molecule has 1 aliphatic heterocycles. The summed E-state index contributed by atoms with van der Waals surface area (Å²) in [4.78, 5) is 15.9. The molecule has 0 spiro atoms. The lowest BCUT2D eigenvalue weighted by molar-refractivity contribution is 0.0975. The van der Waals surface area contributed by atoms with Crippen LogP contribution in [0.15, 0.2) is 103 Å². The van der Waals surface area contributed by atoms with Crippen LogP contribution in [-0.2, 0) is 6.61 Å². The second-order valence-corrected chi connectivity index (χ2v) is 9.85. The Morgan fingerprint density at radius 3 is 2.36 bits per heavy atom. The van der Waals surface area contributed by atoms with Crippen LogP contribution in [0.3, 0.4) is 0 Å². The Balaban J connectivity index is 1.45. The molecule has 1 atom stereocenters. The first kappa shape index (κ1) is 24.6. The Kier molecular flexibility index (Phi) is 6.41. The van der Waals surface area contributed by atoms with Crippen molar-refractivity contribution in [2.24, 2.45) is 0 Å². The molecule has 0 aromatic heterocycles. The number of nitrogens with zero attached hydrogens (tertiary/aromatic N) is 1. The van der Waals surface area contributed by atoms with Crippen LogP contribution in [0.25, 0.3) is 10.8 Å².